The van der Waals surface area contributed by atoms with Gasteiger partial charge >= 0.3 is 23.7 Å². The third-order valence-corrected chi connectivity index (χ3v) is 24.5. The molecular weight excluding hydrogens is 1590 g/mol. The number of imide groups is 1. The van der Waals surface area contributed by atoms with E-state index < -0.39 is 107 Å². The molecule has 624 valence electrons. The van der Waals surface area contributed by atoms with Crippen molar-refractivity contribution in [1.82, 2.24) is 40.3 Å². The molecule has 0 spiro atoms. The van der Waals surface area contributed by atoms with Crippen molar-refractivity contribution in [2.75, 3.05) is 94.3 Å². The largest absolute Gasteiger partial charge is 0.501 e. The number of anilines is 3. The zero-order valence-electron chi connectivity index (χ0n) is 64.7. The van der Waals surface area contributed by atoms with E-state index in [-0.39, 0.29) is 113 Å². The van der Waals surface area contributed by atoms with Crippen LogP contribution < -0.4 is 41.9 Å². The Bertz CT molecular complexity index is 4670. The van der Waals surface area contributed by atoms with Gasteiger partial charge in [-0.2, -0.15) is 13.2 Å². The van der Waals surface area contributed by atoms with Crippen molar-refractivity contribution in [2.24, 2.45) is 17.6 Å². The molecule has 10 amide bonds. The number of hydrogen-bond acceptors (Lipinski definition) is 20. The van der Waals surface area contributed by atoms with Crippen LogP contribution in [0, 0.1) is 11.8 Å². The van der Waals surface area contributed by atoms with Crippen LogP contribution >= 0.6 is 23.4 Å². The Hall–Kier alpha value is -10.3. The van der Waals surface area contributed by atoms with Crippen LogP contribution in [0.25, 0.3) is 11.1 Å². The number of sulfonamides is 1. The molecule has 35 heteroatoms. The van der Waals surface area contributed by atoms with Crippen molar-refractivity contribution in [1.29, 1.82) is 0 Å². The lowest BCUT2D eigenvalue weighted by Crippen LogP contribution is -2.54. The van der Waals surface area contributed by atoms with Crippen LogP contribution in [0.3, 0.4) is 0 Å². The smallest absolute Gasteiger partial charge is 0.448 e. The van der Waals surface area contributed by atoms with E-state index in [9.17, 15) is 78.3 Å². The number of urea groups is 1. The highest BCUT2D eigenvalue weighted by atomic mass is 35.5. The SMILES string of the molecule is CC(C)[C@H](NC(=O)CCCCCN1C(=O)C=CC1=O)C(=O)N[C@@H](CCCNC(N)=O)C(=O)Nc1ccc(COC(=O)N(C)CCN(C)C(=O)OCCN2CCC[C@H]2C[C@H](CSc2ccccc2)Nc2ccc(S(=O)(=O)NC(=O)c3ccc(N4CCC([C@@H](O)c5ccccc5-c5ccc(Cl)cc5)CC4)cc3)cc2S(=O)(=O)C(F)(F)F)cc1. The number of unbranched alkanes of at least 4 members (excludes halogenated alkanes) is 2. The molecule has 0 aliphatic carbocycles. The number of likely N-dealkylation sites (N-methyl/N-ethyl adjacent to an activating group) is 2. The number of aliphatic hydroxyl groups excluding tert-OH is 1. The van der Waals surface area contributed by atoms with Crippen molar-refractivity contribution in [3.63, 3.8) is 0 Å². The Balaban J connectivity index is 0.735. The number of carbonyl (C=O) groups is 9. The molecule has 9 N–H and O–H groups in total. The highest BCUT2D eigenvalue weighted by Crippen LogP contribution is 2.40. The van der Waals surface area contributed by atoms with Gasteiger partial charge in [-0.25, -0.2) is 35.9 Å². The number of sulfone groups is 1. The molecule has 3 heterocycles. The summed E-state index contributed by atoms with van der Waals surface area (Å²) < 4.78 is 112. The number of nitrogens with one attached hydrogen (secondary N) is 6. The lowest BCUT2D eigenvalue weighted by Gasteiger charge is -2.36. The van der Waals surface area contributed by atoms with Crippen molar-refractivity contribution in [2.45, 2.75) is 142 Å². The number of likely N-dealkylation sites (tertiary alicyclic amines) is 1. The Morgan fingerprint density at radius 3 is 2.04 bits per heavy atom. The number of primary amides is 1. The predicted octanol–water partition coefficient (Wildman–Crippen LogP) is 10.6. The van der Waals surface area contributed by atoms with E-state index in [4.69, 9.17) is 26.8 Å². The number of alkyl halides is 3. The van der Waals surface area contributed by atoms with Crippen LogP contribution in [-0.2, 0) is 59.9 Å². The van der Waals surface area contributed by atoms with Gasteiger partial charge in [-0.15, -0.1) is 11.8 Å². The predicted molar refractivity (Wildman–Crippen MR) is 433 cm³/mol. The van der Waals surface area contributed by atoms with E-state index in [0.29, 0.717) is 86.9 Å². The molecule has 0 aromatic heterocycles. The van der Waals surface area contributed by atoms with Crippen LogP contribution in [0.4, 0.5) is 44.6 Å². The fraction of sp³-hybridized carbons (Fsp3) is 0.420. The first-order chi connectivity index (χ1) is 55.2. The molecule has 5 atom stereocenters. The molecule has 0 saturated carbocycles. The number of thioether (sulfide) groups is 1. The Morgan fingerprint density at radius 2 is 1.39 bits per heavy atom. The normalized spacial score (nSPS) is 15.8. The van der Waals surface area contributed by atoms with Crippen LogP contribution in [0.1, 0.15) is 112 Å². The first-order valence-electron chi connectivity index (χ1n) is 38.2. The van der Waals surface area contributed by atoms with Gasteiger partial charge in [-0.3, -0.25) is 38.6 Å². The first-order valence-corrected chi connectivity index (χ1v) is 42.5. The summed E-state index contributed by atoms with van der Waals surface area (Å²) in [6, 6.07) is 34.9. The van der Waals surface area contributed by atoms with Gasteiger partial charge in [0.2, 0.25) is 17.7 Å². The van der Waals surface area contributed by atoms with Gasteiger partial charge in [-0.1, -0.05) is 98.6 Å². The Morgan fingerprint density at radius 1 is 0.733 bits per heavy atom. The van der Waals surface area contributed by atoms with Gasteiger partial charge in [0.05, 0.1) is 16.7 Å². The molecule has 116 heavy (non-hydrogen) atoms. The summed E-state index contributed by atoms with van der Waals surface area (Å²) in [5, 5.41) is 25.9. The van der Waals surface area contributed by atoms with Gasteiger partial charge in [0.1, 0.15) is 30.2 Å². The van der Waals surface area contributed by atoms with Gasteiger partial charge < -0.3 is 61.6 Å². The maximum atomic E-state index is 14.7. The van der Waals surface area contributed by atoms with Gasteiger partial charge in [0.25, 0.3) is 37.6 Å². The van der Waals surface area contributed by atoms with Crippen molar-refractivity contribution < 1.29 is 87.7 Å². The molecule has 6 aromatic carbocycles. The number of nitrogens with zero attached hydrogens (tertiary/aromatic N) is 5. The van der Waals surface area contributed by atoms with Crippen LogP contribution in [0.15, 0.2) is 172 Å². The Labute approximate surface area is 682 Å². The molecule has 0 radical (unpaired) electrons. The Kier molecular flexibility index (Phi) is 32.5. The molecule has 3 aliphatic heterocycles. The van der Waals surface area contributed by atoms with Gasteiger partial charge in [-0.05, 0) is 177 Å². The van der Waals surface area contributed by atoms with Crippen molar-refractivity contribution in [3.8, 4) is 11.1 Å². The summed E-state index contributed by atoms with van der Waals surface area (Å²) in [5.41, 5.74) is 2.93. The maximum absolute atomic E-state index is 14.7. The first kappa shape index (κ1) is 89.7. The van der Waals surface area contributed by atoms with E-state index in [0.717, 1.165) is 44.3 Å². The molecule has 2 saturated heterocycles. The highest BCUT2D eigenvalue weighted by molar-refractivity contribution is 7.99. The number of carbonyl (C=O) groups excluding carboxylic acids is 9. The van der Waals surface area contributed by atoms with Gasteiger partial charge in [0.15, 0.2) is 0 Å². The zero-order valence-corrected chi connectivity index (χ0v) is 67.9. The zero-order chi connectivity index (χ0) is 83.9. The summed E-state index contributed by atoms with van der Waals surface area (Å²) in [4.78, 5) is 122. The second kappa shape index (κ2) is 42.0. The highest BCUT2D eigenvalue weighted by Gasteiger charge is 2.49. The number of hydrogen-bond donors (Lipinski definition) is 8. The number of aliphatic hydroxyl groups is 1. The number of nitrogens with two attached hydrogens (primary N) is 1. The minimum absolute atomic E-state index is 0.0317. The number of benzene rings is 6. The molecular formula is C81H98ClF3N12O16S3. The molecule has 9 rings (SSSR count). The molecule has 3 aliphatic rings. The summed E-state index contributed by atoms with van der Waals surface area (Å²) >= 11 is 7.49. The molecule has 0 bridgehead atoms. The summed E-state index contributed by atoms with van der Waals surface area (Å²) in [5.74, 6) is -3.76. The lowest BCUT2D eigenvalue weighted by atomic mass is 9.84. The summed E-state index contributed by atoms with van der Waals surface area (Å²) in [7, 11) is -8.30. The lowest BCUT2D eigenvalue weighted by molar-refractivity contribution is -0.137. The molecule has 6 aromatic rings. The van der Waals surface area contributed by atoms with Crippen LogP contribution in [0.5, 0.6) is 0 Å². The van der Waals surface area contributed by atoms with E-state index in [2.05, 4.69) is 31.5 Å². The summed E-state index contributed by atoms with van der Waals surface area (Å²) in [6.45, 7) is 5.52. The van der Waals surface area contributed by atoms with Crippen molar-refractivity contribution in [3.05, 3.63) is 179 Å². The number of piperidine rings is 1. The minimum atomic E-state index is -6.25. The van der Waals surface area contributed by atoms with E-state index in [1.165, 1.54) is 59.9 Å². The van der Waals surface area contributed by atoms with E-state index >= 15 is 0 Å². The fourth-order valence-corrected chi connectivity index (χ4v) is 16.8. The topological polar surface area (TPSA) is 375 Å². The number of rotatable bonds is 39. The standard InChI is InChI=1S/C81H98ClF3N12O16S3/c1-53(2)73(91-70(98)21-9-6-12-42-97-71(99)36-37-72(97)100)77(104)90-68(20-13-40-87-78(86)105)76(103)89-59-30-22-54(23-31-59)51-113-80(107)94(4)46-45-93(3)79(106)112-48-47-95-41-14-15-62(95)49-60(52-114-63-16-7-5-8-17-63)88-67-35-34-64(50-69(67)115(108,109)81(83,84)85)116(110,111)92-75(102)57-26-32-61(33-27-57)96-43-38-56(39-44-96)74(101)66-19-11-10-18-65(66)55-24-28-58(82)29-25-55/h5,7-8,10-11,16-19,22-37,50,53,56,60,62,68,73-74,88,101H,6,9,12-15,20-21,38-49,51-52H2,1-4H3,(H,89,103)(H,90,104)(H,91,98)(H,92,102)(H3,86,87,105)/t60-,62+,68+,73+,74-/m1/s1. The van der Waals surface area contributed by atoms with Crippen LogP contribution in [-0.4, -0.2) is 204 Å². The number of halogens is 4. The molecule has 2 fully saturated rings. The average molecular weight is 1680 g/mol. The summed E-state index contributed by atoms with van der Waals surface area (Å²) in [6.07, 6.45) is 4.91. The quantitative estimate of drug-likeness (QED) is 0.0101. The van der Waals surface area contributed by atoms with E-state index in [1.807, 2.05) is 64.2 Å². The second-order valence-electron chi connectivity index (χ2n) is 28.9. The molecule has 0 unspecified atom stereocenters. The maximum Gasteiger partial charge on any atom is 0.501 e. The monoisotopic (exact) mass is 1680 g/mol. The van der Waals surface area contributed by atoms with Gasteiger partial charge in [0, 0.05) is 123 Å². The molecule has 28 nitrogen and oxygen atoms in total. The fourth-order valence-electron chi connectivity index (χ4n) is 13.7. The second-order valence-corrected chi connectivity index (χ2v) is 34.1. The van der Waals surface area contributed by atoms with Crippen LogP contribution in [0.2, 0.25) is 5.02 Å². The van der Waals surface area contributed by atoms with E-state index in [1.54, 1.807) is 74.5 Å². The third kappa shape index (κ3) is 25.6. The third-order valence-electron chi connectivity index (χ3n) is 20.2. The number of amides is 10. The van der Waals surface area contributed by atoms with Crippen molar-refractivity contribution >= 4 is 114 Å². The number of ether oxygens (including phenoxy) is 2. The minimum Gasteiger partial charge on any atom is -0.448 e. The average Bonchev–Trinajstić information content (AvgIpc) is 0.872.